The van der Waals surface area contributed by atoms with Gasteiger partial charge in [-0.3, -0.25) is 9.69 Å². The molecule has 1 saturated heterocycles. The van der Waals surface area contributed by atoms with E-state index in [1.165, 1.54) is 0 Å². The number of urea groups is 1. The van der Waals surface area contributed by atoms with Crippen molar-refractivity contribution in [2.75, 3.05) is 50.8 Å². The summed E-state index contributed by atoms with van der Waals surface area (Å²) in [5.74, 6) is -0.872. The summed E-state index contributed by atoms with van der Waals surface area (Å²) in [6.45, 7) is 3.78. The van der Waals surface area contributed by atoms with Gasteiger partial charge in [-0.1, -0.05) is 6.92 Å². The Morgan fingerprint density at radius 2 is 1.90 bits per heavy atom. The van der Waals surface area contributed by atoms with Crippen LogP contribution in [0.15, 0.2) is 0 Å². The maximum absolute atomic E-state index is 11.9. The van der Waals surface area contributed by atoms with Gasteiger partial charge in [-0.25, -0.2) is 13.2 Å². The van der Waals surface area contributed by atoms with Gasteiger partial charge in [0, 0.05) is 38.5 Å². The second-order valence-corrected chi connectivity index (χ2v) is 7.45. The van der Waals surface area contributed by atoms with Crippen LogP contribution in [0, 0.1) is 0 Å². The average molecular weight is 321 g/mol. The molecule has 0 aliphatic carbocycles. The Morgan fingerprint density at radius 3 is 2.52 bits per heavy atom. The first-order valence-corrected chi connectivity index (χ1v) is 8.83. The highest BCUT2D eigenvalue weighted by Gasteiger charge is 2.20. The molecule has 0 saturated carbocycles. The van der Waals surface area contributed by atoms with E-state index in [-0.39, 0.29) is 30.6 Å². The molecule has 0 aromatic rings. The Labute approximate surface area is 125 Å². The SMILES string of the molecule is CCS(=O)(=O)CCNC(=O)N1CCCN(CC(=O)O)CC1. The van der Waals surface area contributed by atoms with Crippen molar-refractivity contribution >= 4 is 21.8 Å². The summed E-state index contributed by atoms with van der Waals surface area (Å²) >= 11 is 0. The minimum absolute atomic E-state index is 0.0236. The fourth-order valence-electron chi connectivity index (χ4n) is 2.09. The van der Waals surface area contributed by atoms with Crippen molar-refractivity contribution in [3.63, 3.8) is 0 Å². The van der Waals surface area contributed by atoms with Crippen LogP contribution in [0.4, 0.5) is 4.79 Å². The van der Waals surface area contributed by atoms with Crippen molar-refractivity contribution in [1.29, 1.82) is 0 Å². The molecule has 21 heavy (non-hydrogen) atoms. The molecule has 0 spiro atoms. The van der Waals surface area contributed by atoms with E-state index in [0.717, 1.165) is 0 Å². The van der Waals surface area contributed by atoms with Crippen molar-refractivity contribution in [1.82, 2.24) is 15.1 Å². The Bertz CT molecular complexity index is 466. The maximum atomic E-state index is 11.9. The Hall–Kier alpha value is -1.35. The van der Waals surface area contributed by atoms with Gasteiger partial charge < -0.3 is 15.3 Å². The normalized spacial score (nSPS) is 17.3. The highest BCUT2D eigenvalue weighted by atomic mass is 32.2. The van der Waals surface area contributed by atoms with Crippen molar-refractivity contribution in [3.8, 4) is 0 Å². The molecular weight excluding hydrogens is 298 g/mol. The number of carbonyl (C=O) groups is 2. The molecule has 1 aliphatic rings. The molecule has 2 amide bonds. The van der Waals surface area contributed by atoms with Crippen LogP contribution in [0.25, 0.3) is 0 Å². The topological polar surface area (TPSA) is 107 Å². The van der Waals surface area contributed by atoms with E-state index in [0.29, 0.717) is 32.6 Å². The van der Waals surface area contributed by atoms with Crippen LogP contribution >= 0.6 is 0 Å². The molecule has 0 radical (unpaired) electrons. The van der Waals surface area contributed by atoms with Gasteiger partial charge in [-0.05, 0) is 6.42 Å². The quantitative estimate of drug-likeness (QED) is 0.665. The number of nitrogens with zero attached hydrogens (tertiary/aromatic N) is 2. The smallest absolute Gasteiger partial charge is 0.317 e. The van der Waals surface area contributed by atoms with Gasteiger partial charge in [0.05, 0.1) is 12.3 Å². The van der Waals surface area contributed by atoms with E-state index in [9.17, 15) is 18.0 Å². The summed E-state index contributed by atoms with van der Waals surface area (Å²) < 4.78 is 22.7. The number of nitrogens with one attached hydrogen (secondary N) is 1. The van der Waals surface area contributed by atoms with Crippen LogP contribution in [-0.2, 0) is 14.6 Å². The van der Waals surface area contributed by atoms with Crippen LogP contribution in [0.1, 0.15) is 13.3 Å². The van der Waals surface area contributed by atoms with Crippen LogP contribution in [0.2, 0.25) is 0 Å². The van der Waals surface area contributed by atoms with Gasteiger partial charge in [-0.15, -0.1) is 0 Å². The molecule has 0 aromatic heterocycles. The molecule has 1 aliphatic heterocycles. The van der Waals surface area contributed by atoms with Crippen LogP contribution < -0.4 is 5.32 Å². The first-order chi connectivity index (χ1) is 9.84. The highest BCUT2D eigenvalue weighted by Crippen LogP contribution is 2.03. The van der Waals surface area contributed by atoms with Gasteiger partial charge in [0.1, 0.15) is 0 Å². The van der Waals surface area contributed by atoms with E-state index in [4.69, 9.17) is 5.11 Å². The summed E-state index contributed by atoms with van der Waals surface area (Å²) in [7, 11) is -3.08. The monoisotopic (exact) mass is 321 g/mol. The van der Waals surface area contributed by atoms with Crippen LogP contribution in [0.5, 0.6) is 0 Å². The third kappa shape index (κ3) is 6.76. The Kier molecular flexibility index (Phi) is 6.90. The van der Waals surface area contributed by atoms with Gasteiger partial charge in [0.25, 0.3) is 0 Å². The lowest BCUT2D eigenvalue weighted by Gasteiger charge is -2.21. The zero-order valence-corrected chi connectivity index (χ0v) is 13.1. The molecular formula is C12H23N3O5S. The predicted octanol–water partition coefficient (Wildman–Crippen LogP) is -0.777. The van der Waals surface area contributed by atoms with E-state index in [1.807, 2.05) is 0 Å². The van der Waals surface area contributed by atoms with E-state index >= 15 is 0 Å². The first kappa shape index (κ1) is 17.7. The summed E-state index contributed by atoms with van der Waals surface area (Å²) in [5, 5.41) is 11.4. The second-order valence-electron chi connectivity index (χ2n) is 4.98. The zero-order chi connectivity index (χ0) is 15.9. The molecule has 0 aromatic carbocycles. The molecule has 8 nitrogen and oxygen atoms in total. The van der Waals surface area contributed by atoms with Crippen molar-refractivity contribution in [3.05, 3.63) is 0 Å². The molecule has 122 valence electrons. The Balaban J connectivity index is 2.36. The standard InChI is InChI=1S/C12H23N3O5S/c1-2-21(19,20)9-4-13-12(18)15-6-3-5-14(7-8-15)10-11(16)17/h2-10H2,1H3,(H,13,18)(H,16,17). The van der Waals surface area contributed by atoms with E-state index in [2.05, 4.69) is 5.32 Å². The zero-order valence-electron chi connectivity index (χ0n) is 12.2. The highest BCUT2D eigenvalue weighted by molar-refractivity contribution is 7.91. The summed E-state index contributed by atoms with van der Waals surface area (Å²) in [4.78, 5) is 26.0. The van der Waals surface area contributed by atoms with E-state index < -0.39 is 15.8 Å². The minimum Gasteiger partial charge on any atom is -0.480 e. The number of hydrogen-bond donors (Lipinski definition) is 2. The molecule has 0 atom stereocenters. The fraction of sp³-hybridized carbons (Fsp3) is 0.833. The number of aliphatic carboxylic acids is 1. The van der Waals surface area contributed by atoms with Gasteiger partial charge >= 0.3 is 12.0 Å². The Morgan fingerprint density at radius 1 is 1.19 bits per heavy atom. The maximum Gasteiger partial charge on any atom is 0.317 e. The lowest BCUT2D eigenvalue weighted by molar-refractivity contribution is -0.138. The first-order valence-electron chi connectivity index (χ1n) is 7.01. The molecule has 1 fully saturated rings. The lowest BCUT2D eigenvalue weighted by Crippen LogP contribution is -2.43. The largest absolute Gasteiger partial charge is 0.480 e. The summed E-state index contributed by atoms with van der Waals surface area (Å²) in [6.07, 6.45) is 0.702. The number of carbonyl (C=O) groups excluding carboxylic acids is 1. The molecule has 0 unspecified atom stereocenters. The fourth-order valence-corrected chi connectivity index (χ4v) is 2.79. The average Bonchev–Trinajstić information content (AvgIpc) is 2.63. The van der Waals surface area contributed by atoms with Crippen molar-refractivity contribution in [2.45, 2.75) is 13.3 Å². The number of hydrogen-bond acceptors (Lipinski definition) is 5. The van der Waals surface area contributed by atoms with Crippen molar-refractivity contribution in [2.24, 2.45) is 0 Å². The number of amides is 2. The molecule has 1 rings (SSSR count). The second kappa shape index (κ2) is 8.18. The number of carboxylic acid groups (broad SMARTS) is 1. The minimum atomic E-state index is -3.08. The third-order valence-corrected chi connectivity index (χ3v) is 5.07. The number of rotatable bonds is 6. The number of carboxylic acids is 1. The molecule has 2 N–H and O–H groups in total. The number of sulfone groups is 1. The molecule has 1 heterocycles. The third-order valence-electron chi connectivity index (χ3n) is 3.36. The van der Waals surface area contributed by atoms with Gasteiger partial charge in [-0.2, -0.15) is 0 Å². The van der Waals surface area contributed by atoms with E-state index in [1.54, 1.807) is 16.7 Å². The van der Waals surface area contributed by atoms with Crippen LogP contribution in [0.3, 0.4) is 0 Å². The predicted molar refractivity (Wildman–Crippen MR) is 78.0 cm³/mol. The molecule has 9 heteroatoms. The molecule has 0 bridgehead atoms. The summed E-state index contributed by atoms with van der Waals surface area (Å²) in [5.41, 5.74) is 0. The van der Waals surface area contributed by atoms with Crippen molar-refractivity contribution < 1.29 is 23.1 Å². The summed E-state index contributed by atoms with van der Waals surface area (Å²) in [6, 6.07) is -0.293. The van der Waals surface area contributed by atoms with Crippen LogP contribution in [-0.4, -0.2) is 86.1 Å². The van der Waals surface area contributed by atoms with Gasteiger partial charge in [0.15, 0.2) is 9.84 Å². The van der Waals surface area contributed by atoms with Gasteiger partial charge in [0.2, 0.25) is 0 Å². The lowest BCUT2D eigenvalue weighted by atomic mass is 10.4.